The summed E-state index contributed by atoms with van der Waals surface area (Å²) in [7, 11) is 0. The molecule has 1 heterocycles. The number of carbonyl (C=O) groups is 1. The van der Waals surface area contributed by atoms with Crippen LogP contribution in [0.15, 0.2) is 79.1 Å². The van der Waals surface area contributed by atoms with Crippen molar-refractivity contribution < 1.29 is 9.53 Å². The van der Waals surface area contributed by atoms with Gasteiger partial charge in [0, 0.05) is 10.6 Å². The summed E-state index contributed by atoms with van der Waals surface area (Å²) in [4.78, 5) is 12.8. The van der Waals surface area contributed by atoms with Crippen molar-refractivity contribution in [2.75, 3.05) is 5.32 Å². The Labute approximate surface area is 165 Å². The third kappa shape index (κ3) is 3.99. The third-order valence-corrected chi connectivity index (χ3v) is 4.12. The van der Waals surface area contributed by atoms with Gasteiger partial charge in [-0.3, -0.25) is 4.79 Å². The van der Waals surface area contributed by atoms with Gasteiger partial charge in [-0.1, -0.05) is 35.9 Å². The predicted molar refractivity (Wildman–Crippen MR) is 105 cm³/mol. The molecule has 0 unspecified atom stereocenters. The number of benzene rings is 3. The van der Waals surface area contributed by atoms with Crippen LogP contribution in [0.3, 0.4) is 0 Å². The SMILES string of the molecule is O=C(Nc1cc(Cl)ccc1Oc1ccccc1)c1cccc(-n2cnnn2)c1. The van der Waals surface area contributed by atoms with Crippen LogP contribution < -0.4 is 10.1 Å². The maximum atomic E-state index is 12.8. The third-order valence-electron chi connectivity index (χ3n) is 3.88. The molecule has 7 nitrogen and oxygen atoms in total. The lowest BCUT2D eigenvalue weighted by molar-refractivity contribution is 0.102. The fraction of sp³-hybridized carbons (Fsp3) is 0. The summed E-state index contributed by atoms with van der Waals surface area (Å²) in [6.45, 7) is 0. The lowest BCUT2D eigenvalue weighted by Gasteiger charge is -2.13. The predicted octanol–water partition coefficient (Wildman–Crippen LogP) is 4.36. The van der Waals surface area contributed by atoms with Gasteiger partial charge in [-0.15, -0.1) is 5.10 Å². The zero-order valence-electron chi connectivity index (χ0n) is 14.5. The standard InChI is InChI=1S/C20H14ClN5O2/c21-15-9-10-19(28-17-7-2-1-3-8-17)18(12-15)23-20(27)14-5-4-6-16(11-14)26-13-22-24-25-26/h1-13H,(H,23,27). The lowest BCUT2D eigenvalue weighted by atomic mass is 10.2. The van der Waals surface area contributed by atoms with E-state index in [0.29, 0.717) is 33.5 Å². The van der Waals surface area contributed by atoms with Crippen LogP contribution in [-0.4, -0.2) is 26.1 Å². The molecule has 0 aliphatic carbocycles. The average Bonchev–Trinajstić information content (AvgIpc) is 3.26. The van der Waals surface area contributed by atoms with Gasteiger partial charge in [0.05, 0.1) is 11.4 Å². The van der Waals surface area contributed by atoms with Gasteiger partial charge in [0.15, 0.2) is 5.75 Å². The summed E-state index contributed by atoms with van der Waals surface area (Å²) in [6.07, 6.45) is 1.46. The molecule has 0 aliphatic rings. The first-order valence-electron chi connectivity index (χ1n) is 8.36. The summed E-state index contributed by atoms with van der Waals surface area (Å²) in [5.74, 6) is 0.830. The number of hydrogen-bond donors (Lipinski definition) is 1. The molecule has 138 valence electrons. The van der Waals surface area contributed by atoms with Crippen molar-refractivity contribution in [2.45, 2.75) is 0 Å². The first-order valence-corrected chi connectivity index (χ1v) is 8.74. The van der Waals surface area contributed by atoms with Gasteiger partial charge < -0.3 is 10.1 Å². The Bertz CT molecular complexity index is 1100. The van der Waals surface area contributed by atoms with E-state index < -0.39 is 0 Å². The maximum Gasteiger partial charge on any atom is 0.255 e. The molecule has 0 bridgehead atoms. The quantitative estimate of drug-likeness (QED) is 0.546. The molecule has 4 rings (SSSR count). The summed E-state index contributed by atoms with van der Waals surface area (Å²) < 4.78 is 7.35. The fourth-order valence-corrected chi connectivity index (χ4v) is 2.74. The molecule has 0 saturated carbocycles. The van der Waals surface area contributed by atoms with Gasteiger partial charge in [0.1, 0.15) is 12.1 Å². The van der Waals surface area contributed by atoms with Crippen molar-refractivity contribution in [1.82, 2.24) is 20.2 Å². The van der Waals surface area contributed by atoms with Crippen molar-refractivity contribution in [2.24, 2.45) is 0 Å². The number of tetrazole rings is 1. The molecule has 28 heavy (non-hydrogen) atoms. The molecule has 0 spiro atoms. The highest BCUT2D eigenvalue weighted by molar-refractivity contribution is 6.31. The zero-order chi connectivity index (χ0) is 19.3. The molecule has 1 amide bonds. The number of halogens is 1. The van der Waals surface area contributed by atoms with Gasteiger partial charge in [-0.2, -0.15) is 0 Å². The Morgan fingerprint density at radius 2 is 1.86 bits per heavy atom. The molecule has 8 heteroatoms. The molecular formula is C20H14ClN5O2. The van der Waals surface area contributed by atoms with E-state index in [-0.39, 0.29) is 5.91 Å². The maximum absolute atomic E-state index is 12.8. The van der Waals surface area contributed by atoms with Gasteiger partial charge in [0.25, 0.3) is 5.91 Å². The number of ether oxygens (including phenoxy) is 1. The monoisotopic (exact) mass is 391 g/mol. The summed E-state index contributed by atoms with van der Waals surface area (Å²) >= 11 is 6.11. The Balaban J connectivity index is 1.59. The topological polar surface area (TPSA) is 81.9 Å². The lowest BCUT2D eigenvalue weighted by Crippen LogP contribution is -2.13. The number of aromatic nitrogens is 4. The Kier molecular flexibility index (Phi) is 4.99. The summed E-state index contributed by atoms with van der Waals surface area (Å²) in [6, 6.07) is 21.3. The van der Waals surface area contributed by atoms with E-state index in [1.165, 1.54) is 11.0 Å². The normalized spacial score (nSPS) is 10.5. The van der Waals surface area contributed by atoms with E-state index >= 15 is 0 Å². The van der Waals surface area contributed by atoms with Crippen LogP contribution in [0.5, 0.6) is 11.5 Å². The van der Waals surface area contributed by atoms with E-state index in [2.05, 4.69) is 20.8 Å². The van der Waals surface area contributed by atoms with Crippen LogP contribution >= 0.6 is 11.6 Å². The van der Waals surface area contributed by atoms with Crippen LogP contribution in [0.2, 0.25) is 5.02 Å². The highest BCUT2D eigenvalue weighted by atomic mass is 35.5. The van der Waals surface area contributed by atoms with Crippen LogP contribution in [0.4, 0.5) is 5.69 Å². The summed E-state index contributed by atoms with van der Waals surface area (Å²) in [5.41, 5.74) is 1.58. The molecule has 0 aliphatic heterocycles. The molecule has 1 aromatic heterocycles. The Hall–Kier alpha value is -3.71. The van der Waals surface area contributed by atoms with Crippen LogP contribution in [0.1, 0.15) is 10.4 Å². The number of hydrogen-bond acceptors (Lipinski definition) is 5. The van der Waals surface area contributed by atoms with Gasteiger partial charge in [-0.05, 0) is 59.0 Å². The first-order chi connectivity index (χ1) is 13.7. The average molecular weight is 392 g/mol. The molecular weight excluding hydrogens is 378 g/mol. The number of para-hydroxylation sites is 1. The number of rotatable bonds is 5. The second kappa shape index (κ2) is 7.89. The number of carbonyl (C=O) groups excluding carboxylic acids is 1. The molecule has 0 saturated heterocycles. The molecule has 1 N–H and O–H groups in total. The number of anilines is 1. The minimum absolute atomic E-state index is 0.310. The zero-order valence-corrected chi connectivity index (χ0v) is 15.2. The van der Waals surface area contributed by atoms with Crippen molar-refractivity contribution >= 4 is 23.2 Å². The molecule has 4 aromatic rings. The number of nitrogens with zero attached hydrogens (tertiary/aromatic N) is 4. The fourth-order valence-electron chi connectivity index (χ4n) is 2.57. The second-order valence-corrected chi connectivity index (χ2v) is 6.25. The van der Waals surface area contributed by atoms with Crippen LogP contribution in [-0.2, 0) is 0 Å². The summed E-state index contributed by atoms with van der Waals surface area (Å²) in [5, 5.41) is 14.4. The van der Waals surface area contributed by atoms with Gasteiger partial charge in [-0.25, -0.2) is 4.68 Å². The van der Waals surface area contributed by atoms with E-state index in [9.17, 15) is 4.79 Å². The van der Waals surface area contributed by atoms with E-state index in [1.54, 1.807) is 42.5 Å². The van der Waals surface area contributed by atoms with E-state index in [0.717, 1.165) is 0 Å². The minimum Gasteiger partial charge on any atom is -0.455 e. The van der Waals surface area contributed by atoms with Crippen molar-refractivity contribution in [3.05, 3.63) is 89.7 Å². The van der Waals surface area contributed by atoms with Gasteiger partial charge in [0.2, 0.25) is 0 Å². The largest absolute Gasteiger partial charge is 0.455 e. The smallest absolute Gasteiger partial charge is 0.255 e. The van der Waals surface area contributed by atoms with Crippen LogP contribution in [0, 0.1) is 0 Å². The first kappa shape index (κ1) is 17.7. The number of amides is 1. The van der Waals surface area contributed by atoms with E-state index in [1.807, 2.05) is 30.3 Å². The van der Waals surface area contributed by atoms with Crippen molar-refractivity contribution in [3.63, 3.8) is 0 Å². The molecule has 0 fully saturated rings. The minimum atomic E-state index is -0.310. The Morgan fingerprint density at radius 1 is 1.00 bits per heavy atom. The van der Waals surface area contributed by atoms with Crippen molar-refractivity contribution in [3.8, 4) is 17.2 Å². The van der Waals surface area contributed by atoms with Crippen molar-refractivity contribution in [1.29, 1.82) is 0 Å². The molecule has 0 atom stereocenters. The van der Waals surface area contributed by atoms with Crippen LogP contribution in [0.25, 0.3) is 5.69 Å². The van der Waals surface area contributed by atoms with E-state index in [4.69, 9.17) is 16.3 Å². The molecule has 3 aromatic carbocycles. The highest BCUT2D eigenvalue weighted by Crippen LogP contribution is 2.32. The highest BCUT2D eigenvalue weighted by Gasteiger charge is 2.13. The second-order valence-electron chi connectivity index (χ2n) is 5.81. The molecule has 0 radical (unpaired) electrons. The van der Waals surface area contributed by atoms with Gasteiger partial charge >= 0.3 is 0 Å². The Morgan fingerprint density at radius 3 is 2.64 bits per heavy atom. The number of nitrogens with one attached hydrogen (secondary N) is 1.